The summed E-state index contributed by atoms with van der Waals surface area (Å²) in [5.41, 5.74) is 11.6. The zero-order valence-electron chi connectivity index (χ0n) is 24.5. The van der Waals surface area contributed by atoms with Crippen LogP contribution in [0.2, 0.25) is 0 Å². The highest BCUT2D eigenvalue weighted by molar-refractivity contribution is 6.14. The quantitative estimate of drug-likeness (QED) is 0.206. The van der Waals surface area contributed by atoms with Crippen molar-refractivity contribution in [2.75, 3.05) is 0 Å². The van der Waals surface area contributed by atoms with Crippen LogP contribution in [0.1, 0.15) is 65.3 Å². The van der Waals surface area contributed by atoms with Crippen molar-refractivity contribution in [3.8, 4) is 28.5 Å². The number of fused-ring (bicyclic) bond motifs is 3. The second-order valence-electron chi connectivity index (χ2n) is 12.0. The molecule has 7 rings (SSSR count). The lowest BCUT2D eigenvalue weighted by atomic mass is 9.76. The molecule has 2 heterocycles. The van der Waals surface area contributed by atoms with Crippen molar-refractivity contribution in [1.82, 2.24) is 0 Å². The number of rotatable bonds is 4. The summed E-state index contributed by atoms with van der Waals surface area (Å²) in [4.78, 5) is 0. The Morgan fingerprint density at radius 2 is 1.31 bits per heavy atom. The fraction of sp³-hybridized carbons (Fsp3) is 0.231. The van der Waals surface area contributed by atoms with Crippen LogP contribution in [0.15, 0.2) is 102 Å². The van der Waals surface area contributed by atoms with Gasteiger partial charge in [-0.25, -0.2) is 4.57 Å². The predicted molar refractivity (Wildman–Crippen MR) is 170 cm³/mol. The molecular formula is C39H35N2O+. The van der Waals surface area contributed by atoms with Crippen molar-refractivity contribution >= 4 is 21.9 Å². The van der Waals surface area contributed by atoms with Gasteiger partial charge < -0.3 is 4.42 Å². The van der Waals surface area contributed by atoms with E-state index < -0.39 is 0 Å². The number of benzene rings is 4. The van der Waals surface area contributed by atoms with Crippen LogP contribution in [0.25, 0.3) is 44.3 Å². The fourth-order valence-corrected chi connectivity index (χ4v) is 7.11. The molecule has 0 saturated heterocycles. The van der Waals surface area contributed by atoms with E-state index in [0.29, 0.717) is 17.4 Å². The van der Waals surface area contributed by atoms with Crippen LogP contribution in [0, 0.1) is 25.2 Å². The summed E-state index contributed by atoms with van der Waals surface area (Å²) in [7, 11) is 2.08. The molecule has 2 aromatic heterocycles. The topological polar surface area (TPSA) is 40.8 Å². The van der Waals surface area contributed by atoms with E-state index >= 15 is 0 Å². The summed E-state index contributed by atoms with van der Waals surface area (Å²) in [6.45, 7) is 4.24. The van der Waals surface area contributed by atoms with Crippen molar-refractivity contribution in [2.24, 2.45) is 7.05 Å². The predicted octanol–water partition coefficient (Wildman–Crippen LogP) is 9.67. The maximum absolute atomic E-state index is 10.1. The van der Waals surface area contributed by atoms with Crippen LogP contribution in [-0.4, -0.2) is 0 Å². The first kappa shape index (κ1) is 26.2. The van der Waals surface area contributed by atoms with Gasteiger partial charge in [0, 0.05) is 28.0 Å². The molecule has 0 aliphatic heterocycles. The molecule has 3 nitrogen and oxygen atoms in total. The largest absolute Gasteiger partial charge is 0.454 e. The molecule has 0 spiro atoms. The Hall–Kier alpha value is -4.68. The molecule has 0 atom stereocenters. The molecule has 3 heteroatoms. The Kier molecular flexibility index (Phi) is 6.63. The number of furan rings is 1. The minimum Gasteiger partial charge on any atom is -0.454 e. The molecule has 0 bridgehead atoms. The van der Waals surface area contributed by atoms with Crippen LogP contribution in [0.4, 0.5) is 0 Å². The zero-order chi connectivity index (χ0) is 28.8. The Bertz CT molecular complexity index is 1970. The average molecular weight is 548 g/mol. The summed E-state index contributed by atoms with van der Waals surface area (Å²) < 4.78 is 8.93. The highest BCUT2D eigenvalue weighted by Crippen LogP contribution is 2.43. The van der Waals surface area contributed by atoms with E-state index in [-0.39, 0.29) is 0 Å². The van der Waals surface area contributed by atoms with E-state index in [1.807, 2.05) is 12.1 Å². The van der Waals surface area contributed by atoms with Gasteiger partial charge in [-0.05, 0) is 91.8 Å². The lowest BCUT2D eigenvalue weighted by Crippen LogP contribution is -2.31. The molecule has 1 aliphatic carbocycles. The molecule has 1 aliphatic rings. The minimum atomic E-state index is 0.581. The standard InChI is InChI=1S/C39H35N2O/c1-25-9-22-35(41(3)24-25)36-26(2)10-20-33-34-21-19-32(23-40)37(39(34)42-38(33)36)31-17-15-30(16-18-31)29-13-11-28(12-14-29)27-7-5-4-6-8-27/h4-10,15-22,24,28-29H,11-14H2,1-3H3/q+1. The van der Waals surface area contributed by atoms with E-state index in [1.165, 1.54) is 42.4 Å². The first-order valence-electron chi connectivity index (χ1n) is 15.0. The van der Waals surface area contributed by atoms with E-state index in [1.54, 1.807) is 0 Å². The molecule has 4 aromatic carbocycles. The highest BCUT2D eigenvalue weighted by Gasteiger charge is 2.25. The van der Waals surface area contributed by atoms with Gasteiger partial charge in [0.1, 0.15) is 18.2 Å². The summed E-state index contributed by atoms with van der Waals surface area (Å²) >= 11 is 0. The number of aryl methyl sites for hydroxylation is 3. The van der Waals surface area contributed by atoms with Gasteiger partial charge >= 0.3 is 0 Å². The number of nitriles is 1. The molecule has 0 amide bonds. The Morgan fingerprint density at radius 1 is 0.690 bits per heavy atom. The van der Waals surface area contributed by atoms with Gasteiger partial charge in [0.25, 0.3) is 0 Å². The third-order valence-corrected chi connectivity index (χ3v) is 9.34. The van der Waals surface area contributed by atoms with Crippen molar-refractivity contribution in [3.63, 3.8) is 0 Å². The summed E-state index contributed by atoms with van der Waals surface area (Å²) in [6, 6.07) is 34.9. The number of pyridine rings is 1. The third kappa shape index (κ3) is 4.48. The summed E-state index contributed by atoms with van der Waals surface area (Å²) in [5.74, 6) is 1.25. The molecule has 42 heavy (non-hydrogen) atoms. The van der Waals surface area contributed by atoms with Gasteiger partial charge in [0.15, 0.2) is 6.20 Å². The number of hydrogen-bond donors (Lipinski definition) is 0. The minimum absolute atomic E-state index is 0.581. The lowest BCUT2D eigenvalue weighted by Gasteiger charge is -2.29. The summed E-state index contributed by atoms with van der Waals surface area (Å²) in [5, 5.41) is 12.2. The fourth-order valence-electron chi connectivity index (χ4n) is 7.11. The molecular weight excluding hydrogens is 512 g/mol. The molecule has 0 unspecified atom stereocenters. The number of nitrogens with zero attached hydrogens (tertiary/aromatic N) is 2. The normalized spacial score (nSPS) is 17.0. The van der Waals surface area contributed by atoms with Gasteiger partial charge in [-0.2, -0.15) is 5.26 Å². The first-order chi connectivity index (χ1) is 20.5. The van der Waals surface area contributed by atoms with Crippen LogP contribution in [0.3, 0.4) is 0 Å². The van der Waals surface area contributed by atoms with Gasteiger partial charge in [-0.15, -0.1) is 0 Å². The Balaban J connectivity index is 1.27. The van der Waals surface area contributed by atoms with E-state index in [0.717, 1.165) is 49.9 Å². The van der Waals surface area contributed by atoms with E-state index in [4.69, 9.17) is 4.42 Å². The van der Waals surface area contributed by atoms with Crippen molar-refractivity contribution in [2.45, 2.75) is 51.4 Å². The van der Waals surface area contributed by atoms with Gasteiger partial charge in [0.05, 0.1) is 17.2 Å². The smallest absolute Gasteiger partial charge is 0.216 e. The SMILES string of the molecule is Cc1ccc(-c2c(C)ccc3c2oc2c(-c4ccc(C5CCC(c6ccccc6)CC5)cc4)c(C#N)ccc23)[n+](C)c1. The Morgan fingerprint density at radius 3 is 1.95 bits per heavy atom. The second-order valence-corrected chi connectivity index (χ2v) is 12.0. The van der Waals surface area contributed by atoms with Crippen molar-refractivity contribution in [1.29, 1.82) is 5.26 Å². The van der Waals surface area contributed by atoms with Gasteiger partial charge in [0.2, 0.25) is 5.69 Å². The van der Waals surface area contributed by atoms with Crippen LogP contribution in [-0.2, 0) is 7.05 Å². The van der Waals surface area contributed by atoms with Crippen LogP contribution >= 0.6 is 0 Å². The molecule has 0 radical (unpaired) electrons. The third-order valence-electron chi connectivity index (χ3n) is 9.34. The molecule has 1 saturated carbocycles. The van der Waals surface area contributed by atoms with Crippen LogP contribution in [0.5, 0.6) is 0 Å². The number of aromatic nitrogens is 1. The highest BCUT2D eigenvalue weighted by atomic mass is 16.3. The van der Waals surface area contributed by atoms with Crippen LogP contribution < -0.4 is 4.57 Å². The van der Waals surface area contributed by atoms with Gasteiger partial charge in [-0.3, -0.25) is 0 Å². The second kappa shape index (κ2) is 10.6. The maximum atomic E-state index is 10.1. The van der Waals surface area contributed by atoms with E-state index in [2.05, 4.69) is 117 Å². The lowest BCUT2D eigenvalue weighted by molar-refractivity contribution is -0.660. The molecule has 1 fully saturated rings. The average Bonchev–Trinajstić information content (AvgIpc) is 3.40. The molecule has 0 N–H and O–H groups in total. The molecule has 206 valence electrons. The van der Waals surface area contributed by atoms with E-state index in [9.17, 15) is 5.26 Å². The number of hydrogen-bond acceptors (Lipinski definition) is 2. The Labute approximate surface area is 247 Å². The van der Waals surface area contributed by atoms with Crippen molar-refractivity contribution < 1.29 is 8.98 Å². The summed E-state index contributed by atoms with van der Waals surface area (Å²) in [6.07, 6.45) is 7.02. The zero-order valence-corrected chi connectivity index (χ0v) is 24.5. The van der Waals surface area contributed by atoms with Crippen molar-refractivity contribution in [3.05, 3.63) is 125 Å². The van der Waals surface area contributed by atoms with Gasteiger partial charge in [-0.1, -0.05) is 66.7 Å². The maximum Gasteiger partial charge on any atom is 0.216 e. The first-order valence-corrected chi connectivity index (χ1v) is 15.0. The molecule has 6 aromatic rings. The monoisotopic (exact) mass is 547 g/mol.